The normalized spacial score (nSPS) is 18.8. The summed E-state index contributed by atoms with van der Waals surface area (Å²) in [5.41, 5.74) is 4.72. The minimum atomic E-state index is -1.77. The number of ether oxygens (including phenoxy) is 6. The Morgan fingerprint density at radius 1 is 0.421 bits per heavy atom. The molecule has 292 valence electrons. The first-order chi connectivity index (χ1) is 27.3. The maximum atomic E-state index is 14.0. The van der Waals surface area contributed by atoms with Crippen molar-refractivity contribution in [1.29, 1.82) is 0 Å². The Hall–Kier alpha value is -6.59. The van der Waals surface area contributed by atoms with Crippen molar-refractivity contribution in [3.63, 3.8) is 0 Å². The van der Waals surface area contributed by atoms with Gasteiger partial charge in [-0.05, 0) is 95.3 Å². The van der Waals surface area contributed by atoms with Crippen molar-refractivity contribution < 1.29 is 52.4 Å². The van der Waals surface area contributed by atoms with E-state index >= 15 is 0 Å². The van der Waals surface area contributed by atoms with E-state index in [9.17, 15) is 24.0 Å². The highest BCUT2D eigenvalue weighted by Gasteiger charge is 2.54. The Balaban J connectivity index is 1.45. The molecule has 11 heteroatoms. The number of aryl methyl sites for hydroxylation is 5. The van der Waals surface area contributed by atoms with Crippen LogP contribution in [0.25, 0.3) is 0 Å². The Morgan fingerprint density at radius 3 is 1.11 bits per heavy atom. The first-order valence-electron chi connectivity index (χ1n) is 18.3. The Kier molecular flexibility index (Phi) is 12.6. The van der Waals surface area contributed by atoms with Gasteiger partial charge in [-0.25, -0.2) is 24.0 Å². The number of carbonyl (C=O) groups excluding carboxylic acids is 5. The predicted octanol–water partition coefficient (Wildman–Crippen LogP) is 7.64. The molecule has 0 aliphatic carbocycles. The van der Waals surface area contributed by atoms with Crippen molar-refractivity contribution in [3.05, 3.63) is 177 Å². The van der Waals surface area contributed by atoms with Crippen molar-refractivity contribution >= 4 is 29.8 Å². The third-order valence-electron chi connectivity index (χ3n) is 9.19. The van der Waals surface area contributed by atoms with E-state index in [2.05, 4.69) is 0 Å². The molecule has 1 saturated heterocycles. The monoisotopic (exact) mass is 770 g/mol. The lowest BCUT2D eigenvalue weighted by molar-refractivity contribution is -0.282. The van der Waals surface area contributed by atoms with Crippen molar-refractivity contribution in [1.82, 2.24) is 0 Å². The van der Waals surface area contributed by atoms with Crippen LogP contribution in [-0.4, -0.2) is 67.2 Å². The Morgan fingerprint density at radius 2 is 0.737 bits per heavy atom. The van der Waals surface area contributed by atoms with Gasteiger partial charge in [0, 0.05) is 0 Å². The summed E-state index contributed by atoms with van der Waals surface area (Å²) in [5.74, 6) is -4.14. The van der Waals surface area contributed by atoms with E-state index in [1.807, 2.05) is 13.0 Å². The summed E-state index contributed by atoms with van der Waals surface area (Å²) in [6, 6.07) is 33.1. The number of rotatable bonds is 11. The van der Waals surface area contributed by atoms with E-state index < -0.39 is 67.2 Å². The molecule has 1 fully saturated rings. The Labute approximate surface area is 330 Å². The van der Waals surface area contributed by atoms with Gasteiger partial charge in [-0.3, -0.25) is 0 Å². The van der Waals surface area contributed by atoms with Gasteiger partial charge in [0.15, 0.2) is 12.2 Å². The van der Waals surface area contributed by atoms with E-state index in [0.717, 1.165) is 27.8 Å². The van der Waals surface area contributed by atoms with Crippen LogP contribution in [0.4, 0.5) is 0 Å². The molecule has 6 rings (SSSR count). The molecule has 0 N–H and O–H groups in total. The largest absolute Gasteiger partial charge is 0.459 e. The summed E-state index contributed by atoms with van der Waals surface area (Å²) in [4.78, 5) is 68.9. The summed E-state index contributed by atoms with van der Waals surface area (Å²) < 4.78 is 36.3. The maximum absolute atomic E-state index is 14.0. The molecule has 0 unspecified atom stereocenters. The standard InChI is InChI=1S/C46H42O11/c1-27-11-6-16-32(21-27)41(47)52-26-37-38(54-42(48)33-17-7-12-28(2)22-33)39(55-43(49)34-18-8-13-29(3)23-34)40(56-44(50)35-19-9-14-30(4)24-35)46(53-37)57-45(51)36-20-10-15-31(5)25-36/h6-25,37-40,46H,26H2,1-5H3/t37-,38-,39+,40-,46+/m1/s1. The van der Waals surface area contributed by atoms with Gasteiger partial charge < -0.3 is 28.4 Å². The van der Waals surface area contributed by atoms with E-state index in [1.54, 1.807) is 125 Å². The molecule has 0 amide bonds. The second-order valence-electron chi connectivity index (χ2n) is 14.0. The summed E-state index contributed by atoms with van der Waals surface area (Å²) in [6.45, 7) is 8.45. The first-order valence-corrected chi connectivity index (χ1v) is 18.3. The quantitative estimate of drug-likeness (QED) is 0.0967. The molecular formula is C46H42O11. The third-order valence-corrected chi connectivity index (χ3v) is 9.19. The van der Waals surface area contributed by atoms with E-state index in [1.165, 1.54) is 18.2 Å². The van der Waals surface area contributed by atoms with E-state index in [-0.39, 0.29) is 27.8 Å². The van der Waals surface area contributed by atoms with Gasteiger partial charge in [0.2, 0.25) is 12.4 Å². The smallest absolute Gasteiger partial charge is 0.340 e. The number of benzene rings is 5. The second kappa shape index (κ2) is 17.9. The molecule has 57 heavy (non-hydrogen) atoms. The highest BCUT2D eigenvalue weighted by Crippen LogP contribution is 2.32. The zero-order valence-corrected chi connectivity index (χ0v) is 32.1. The van der Waals surface area contributed by atoms with Crippen LogP contribution in [0.2, 0.25) is 0 Å². The summed E-state index contributed by atoms with van der Waals surface area (Å²) in [5, 5.41) is 0. The van der Waals surface area contributed by atoms with Crippen molar-refractivity contribution in [2.75, 3.05) is 6.61 Å². The molecule has 0 spiro atoms. The van der Waals surface area contributed by atoms with Crippen molar-refractivity contribution in [2.24, 2.45) is 0 Å². The number of esters is 5. The fourth-order valence-electron chi connectivity index (χ4n) is 6.36. The number of carbonyl (C=O) groups is 5. The predicted molar refractivity (Wildman–Crippen MR) is 208 cm³/mol. The molecule has 5 atom stereocenters. The number of hydrogen-bond donors (Lipinski definition) is 0. The molecular weight excluding hydrogens is 728 g/mol. The van der Waals surface area contributed by atoms with Gasteiger partial charge in [-0.2, -0.15) is 0 Å². The van der Waals surface area contributed by atoms with Gasteiger partial charge in [0.05, 0.1) is 27.8 Å². The summed E-state index contributed by atoms with van der Waals surface area (Å²) in [6.07, 6.45) is -8.15. The van der Waals surface area contributed by atoms with Crippen LogP contribution in [0, 0.1) is 34.6 Å². The minimum absolute atomic E-state index is 0.143. The van der Waals surface area contributed by atoms with E-state index in [4.69, 9.17) is 28.4 Å². The SMILES string of the molecule is Cc1cccc(C(=O)OC[C@H]2O[C@@H](OC(=O)c3cccc(C)c3)[C@H](OC(=O)c3cccc(C)c3)[C@@H](OC(=O)c3cccc(C)c3)[C@@H]2OC(=O)c2cccc(C)c2)c1. The average Bonchev–Trinajstić information content (AvgIpc) is 3.19. The molecule has 1 aliphatic heterocycles. The fourth-order valence-corrected chi connectivity index (χ4v) is 6.36. The third kappa shape index (κ3) is 10.2. The minimum Gasteiger partial charge on any atom is -0.459 e. The summed E-state index contributed by atoms with van der Waals surface area (Å²) >= 11 is 0. The van der Waals surface area contributed by atoms with Crippen LogP contribution in [0.3, 0.4) is 0 Å². The van der Waals surface area contributed by atoms with Crippen LogP contribution in [0.1, 0.15) is 79.6 Å². The highest BCUT2D eigenvalue weighted by atomic mass is 16.7. The lowest BCUT2D eigenvalue weighted by atomic mass is 9.97. The average molecular weight is 771 g/mol. The van der Waals surface area contributed by atoms with E-state index in [0.29, 0.717) is 0 Å². The lowest BCUT2D eigenvalue weighted by Crippen LogP contribution is -2.63. The molecule has 0 saturated carbocycles. The van der Waals surface area contributed by atoms with Crippen LogP contribution >= 0.6 is 0 Å². The summed E-state index contributed by atoms with van der Waals surface area (Å²) in [7, 11) is 0. The molecule has 1 heterocycles. The molecule has 11 nitrogen and oxygen atoms in total. The Bertz CT molecular complexity index is 2300. The molecule has 5 aromatic carbocycles. The van der Waals surface area contributed by atoms with Gasteiger partial charge in [-0.1, -0.05) is 88.5 Å². The van der Waals surface area contributed by atoms with Crippen LogP contribution in [0.15, 0.2) is 121 Å². The second-order valence-corrected chi connectivity index (χ2v) is 14.0. The van der Waals surface area contributed by atoms with Crippen molar-refractivity contribution in [3.8, 4) is 0 Å². The lowest BCUT2D eigenvalue weighted by Gasteiger charge is -2.44. The number of hydrogen-bond acceptors (Lipinski definition) is 11. The molecule has 1 aliphatic rings. The topological polar surface area (TPSA) is 141 Å². The zero-order valence-electron chi connectivity index (χ0n) is 32.1. The van der Waals surface area contributed by atoms with Crippen molar-refractivity contribution in [2.45, 2.75) is 65.3 Å². The van der Waals surface area contributed by atoms with Crippen LogP contribution < -0.4 is 0 Å². The van der Waals surface area contributed by atoms with Crippen LogP contribution in [0.5, 0.6) is 0 Å². The molecule has 5 aromatic rings. The van der Waals surface area contributed by atoms with Gasteiger partial charge in [0.1, 0.15) is 12.7 Å². The molecule has 0 bridgehead atoms. The van der Waals surface area contributed by atoms with Gasteiger partial charge in [-0.15, -0.1) is 0 Å². The fraction of sp³-hybridized carbons (Fsp3) is 0.239. The molecule has 0 aromatic heterocycles. The van der Waals surface area contributed by atoms with Gasteiger partial charge >= 0.3 is 29.8 Å². The van der Waals surface area contributed by atoms with Crippen LogP contribution in [-0.2, 0) is 28.4 Å². The first kappa shape index (κ1) is 40.1. The molecule has 0 radical (unpaired) electrons. The van der Waals surface area contributed by atoms with Gasteiger partial charge in [0.25, 0.3) is 0 Å². The highest BCUT2D eigenvalue weighted by molar-refractivity contribution is 5.92. The zero-order chi connectivity index (χ0) is 40.6. The maximum Gasteiger partial charge on any atom is 0.340 e.